The predicted molar refractivity (Wildman–Crippen MR) is 139 cm³/mol. The molecule has 1 fully saturated rings. The number of carbonyl (C=O) groups is 1. The number of carbonyl (C=O) groups excluding carboxylic acids is 1. The lowest BCUT2D eigenvalue weighted by Crippen LogP contribution is -2.61. The molecule has 2 heterocycles. The second kappa shape index (κ2) is 10.2. The summed E-state index contributed by atoms with van der Waals surface area (Å²) in [4.78, 5) is 19.5. The first-order valence-electron chi connectivity index (χ1n) is 12.5. The van der Waals surface area contributed by atoms with E-state index in [-0.39, 0.29) is 11.4 Å². The normalized spacial score (nSPS) is 16.1. The molecule has 2 N–H and O–H groups in total. The summed E-state index contributed by atoms with van der Waals surface area (Å²) in [5, 5.41) is 4.33. The maximum atomic E-state index is 13.5. The molecule has 0 aliphatic carbocycles. The first-order valence-corrected chi connectivity index (χ1v) is 12.5. The molecular weight excluding hydrogens is 473 g/mol. The molecule has 1 amide bonds. The number of nitrogens with zero attached hydrogens (tertiary/aromatic N) is 2. The lowest BCUT2D eigenvalue weighted by Gasteiger charge is -2.45. The summed E-state index contributed by atoms with van der Waals surface area (Å²) in [7, 11) is 0. The number of halogens is 1. The van der Waals surface area contributed by atoms with Gasteiger partial charge in [0.15, 0.2) is 5.60 Å². The van der Waals surface area contributed by atoms with Gasteiger partial charge in [0, 0.05) is 31.6 Å². The number of nitrogens with two attached hydrogens (primary N) is 1. The Bertz CT molecular complexity index is 1290. The van der Waals surface area contributed by atoms with Crippen molar-refractivity contribution in [2.24, 2.45) is 10.9 Å². The van der Waals surface area contributed by atoms with E-state index in [1.807, 2.05) is 38.1 Å². The van der Waals surface area contributed by atoms with E-state index in [0.29, 0.717) is 43.2 Å². The quantitative estimate of drug-likeness (QED) is 0.455. The van der Waals surface area contributed by atoms with Gasteiger partial charge in [0.25, 0.3) is 0 Å². The van der Waals surface area contributed by atoms with Crippen LogP contribution in [-0.2, 0) is 11.4 Å². The van der Waals surface area contributed by atoms with Crippen LogP contribution in [0.25, 0.3) is 11.1 Å². The van der Waals surface area contributed by atoms with E-state index in [2.05, 4.69) is 10.1 Å². The Kier molecular flexibility index (Phi) is 6.84. The van der Waals surface area contributed by atoms with Crippen LogP contribution in [0.5, 0.6) is 11.5 Å². The van der Waals surface area contributed by atoms with Crippen LogP contribution in [0.2, 0.25) is 0 Å². The molecule has 0 atom stereocenters. The van der Waals surface area contributed by atoms with Crippen LogP contribution in [0.3, 0.4) is 0 Å². The summed E-state index contributed by atoms with van der Waals surface area (Å²) in [5.41, 5.74) is 10.0. The van der Waals surface area contributed by atoms with Crippen LogP contribution >= 0.6 is 0 Å². The van der Waals surface area contributed by atoms with E-state index in [1.165, 1.54) is 12.1 Å². The molecule has 1 spiro atoms. The van der Waals surface area contributed by atoms with Crippen molar-refractivity contribution in [3.8, 4) is 22.6 Å². The number of rotatable bonds is 9. The molecule has 3 aromatic rings. The van der Waals surface area contributed by atoms with Gasteiger partial charge in [-0.25, -0.2) is 4.39 Å². The SMILES string of the molecule is CCOc1cc(CN2CC3(CC(c4ccc(C(N)=O)cc4)=NO3)C2)cc(OCC)c1-c1ccc(F)cc1. The number of hydrogen-bond acceptors (Lipinski definition) is 6. The fourth-order valence-corrected chi connectivity index (χ4v) is 4.99. The van der Waals surface area contributed by atoms with Crippen molar-refractivity contribution in [1.29, 1.82) is 0 Å². The smallest absolute Gasteiger partial charge is 0.248 e. The van der Waals surface area contributed by atoms with E-state index in [4.69, 9.17) is 20.0 Å². The Morgan fingerprint density at radius 1 is 1.00 bits per heavy atom. The standard InChI is InChI=1S/C29H30FN3O4/c1-3-35-25-13-19(14-26(36-4-2)27(25)21-9-11-23(30)12-10-21)16-33-17-29(18-33)15-24(32-37-29)20-5-7-22(8-6-20)28(31)34/h5-14H,3-4,15-18H2,1-2H3,(H2,31,34). The number of likely N-dealkylation sites (tertiary alicyclic amines) is 1. The fourth-order valence-electron chi connectivity index (χ4n) is 4.99. The minimum atomic E-state index is -0.451. The maximum Gasteiger partial charge on any atom is 0.248 e. The highest BCUT2D eigenvalue weighted by Crippen LogP contribution is 2.42. The largest absolute Gasteiger partial charge is 0.493 e. The van der Waals surface area contributed by atoms with Gasteiger partial charge in [0.2, 0.25) is 5.91 Å². The van der Waals surface area contributed by atoms with Crippen molar-refractivity contribution in [1.82, 2.24) is 4.90 Å². The second-order valence-electron chi connectivity index (χ2n) is 9.42. The van der Waals surface area contributed by atoms with E-state index in [0.717, 1.165) is 41.1 Å². The molecule has 0 aromatic heterocycles. The molecule has 8 heteroatoms. The summed E-state index contributed by atoms with van der Waals surface area (Å²) in [5.74, 6) is 0.694. The van der Waals surface area contributed by atoms with Crippen molar-refractivity contribution < 1.29 is 23.5 Å². The van der Waals surface area contributed by atoms with Crippen LogP contribution in [0.1, 0.15) is 41.8 Å². The molecule has 1 saturated heterocycles. The summed E-state index contributed by atoms with van der Waals surface area (Å²) >= 11 is 0. The van der Waals surface area contributed by atoms with Crippen LogP contribution < -0.4 is 15.2 Å². The molecule has 0 unspecified atom stereocenters. The van der Waals surface area contributed by atoms with Crippen molar-refractivity contribution in [3.05, 3.63) is 83.2 Å². The van der Waals surface area contributed by atoms with Crippen LogP contribution in [-0.4, -0.2) is 48.4 Å². The lowest BCUT2D eigenvalue weighted by atomic mass is 9.86. The summed E-state index contributed by atoms with van der Waals surface area (Å²) in [6.45, 7) is 7.08. The second-order valence-corrected chi connectivity index (χ2v) is 9.42. The molecule has 0 radical (unpaired) electrons. The van der Waals surface area contributed by atoms with Gasteiger partial charge in [-0.2, -0.15) is 0 Å². The first-order chi connectivity index (χ1) is 17.9. The molecule has 37 heavy (non-hydrogen) atoms. The first kappa shape index (κ1) is 24.8. The van der Waals surface area contributed by atoms with E-state index >= 15 is 0 Å². The Hall–Kier alpha value is -3.91. The number of benzene rings is 3. The zero-order chi connectivity index (χ0) is 26.0. The molecule has 7 nitrogen and oxygen atoms in total. The van der Waals surface area contributed by atoms with Gasteiger partial charge in [0.05, 0.1) is 24.5 Å². The zero-order valence-electron chi connectivity index (χ0n) is 21.0. The maximum absolute atomic E-state index is 13.5. The lowest BCUT2D eigenvalue weighted by molar-refractivity contribution is -0.128. The molecule has 0 saturated carbocycles. The number of amides is 1. The van der Waals surface area contributed by atoms with E-state index in [1.54, 1.807) is 24.3 Å². The summed E-state index contributed by atoms with van der Waals surface area (Å²) in [6, 6.07) is 17.6. The Balaban J connectivity index is 1.29. The number of hydrogen-bond donors (Lipinski definition) is 1. The van der Waals surface area contributed by atoms with Gasteiger partial charge in [-0.1, -0.05) is 29.4 Å². The molecule has 0 bridgehead atoms. The average Bonchev–Trinajstić information content (AvgIpc) is 3.31. The Morgan fingerprint density at radius 3 is 2.16 bits per heavy atom. The minimum absolute atomic E-state index is 0.285. The van der Waals surface area contributed by atoms with Crippen LogP contribution in [0, 0.1) is 5.82 Å². The van der Waals surface area contributed by atoms with Crippen LogP contribution in [0.4, 0.5) is 4.39 Å². The topological polar surface area (TPSA) is 86.4 Å². The number of ether oxygens (including phenoxy) is 2. The molecule has 5 rings (SSSR count). The third-order valence-corrected chi connectivity index (χ3v) is 6.63. The highest BCUT2D eigenvalue weighted by atomic mass is 19.1. The van der Waals surface area contributed by atoms with Gasteiger partial charge in [-0.3, -0.25) is 9.69 Å². The number of oxime groups is 1. The van der Waals surface area contributed by atoms with E-state index in [9.17, 15) is 9.18 Å². The fraction of sp³-hybridized carbons (Fsp3) is 0.310. The molecular formula is C29H30FN3O4. The molecule has 2 aliphatic heterocycles. The van der Waals surface area contributed by atoms with Crippen molar-refractivity contribution in [3.63, 3.8) is 0 Å². The van der Waals surface area contributed by atoms with Gasteiger partial charge in [-0.05, 0) is 66.9 Å². The minimum Gasteiger partial charge on any atom is -0.493 e. The zero-order valence-corrected chi connectivity index (χ0v) is 21.0. The van der Waals surface area contributed by atoms with Crippen molar-refractivity contribution in [2.75, 3.05) is 26.3 Å². The van der Waals surface area contributed by atoms with Gasteiger partial charge < -0.3 is 20.0 Å². The van der Waals surface area contributed by atoms with Crippen molar-refractivity contribution in [2.45, 2.75) is 32.4 Å². The Morgan fingerprint density at radius 2 is 1.59 bits per heavy atom. The molecule has 2 aliphatic rings. The van der Waals surface area contributed by atoms with Crippen molar-refractivity contribution >= 4 is 11.6 Å². The molecule has 192 valence electrons. The average molecular weight is 504 g/mol. The molecule has 3 aromatic carbocycles. The van der Waals surface area contributed by atoms with Gasteiger partial charge in [-0.15, -0.1) is 0 Å². The summed E-state index contributed by atoms with van der Waals surface area (Å²) < 4.78 is 25.5. The van der Waals surface area contributed by atoms with Gasteiger partial charge in [0.1, 0.15) is 17.3 Å². The highest BCUT2D eigenvalue weighted by Gasteiger charge is 2.49. The highest BCUT2D eigenvalue weighted by molar-refractivity contribution is 6.02. The van der Waals surface area contributed by atoms with Gasteiger partial charge >= 0.3 is 0 Å². The monoisotopic (exact) mass is 503 g/mol. The number of primary amides is 1. The van der Waals surface area contributed by atoms with E-state index < -0.39 is 5.91 Å². The Labute approximate surface area is 215 Å². The van der Waals surface area contributed by atoms with Crippen LogP contribution in [0.15, 0.2) is 65.8 Å². The summed E-state index contributed by atoms with van der Waals surface area (Å²) in [6.07, 6.45) is 0.706. The third-order valence-electron chi connectivity index (χ3n) is 6.63. The third kappa shape index (κ3) is 5.15. The predicted octanol–water partition coefficient (Wildman–Crippen LogP) is 4.77.